The van der Waals surface area contributed by atoms with E-state index in [1.807, 2.05) is 29.2 Å². The number of halogens is 2. The number of para-hydroxylation sites is 2. The number of anilines is 3. The summed E-state index contributed by atoms with van der Waals surface area (Å²) in [5.41, 5.74) is 0.390. The van der Waals surface area contributed by atoms with E-state index in [-0.39, 0.29) is 5.69 Å². The summed E-state index contributed by atoms with van der Waals surface area (Å²) in [5.74, 6) is -0.920. The number of piperazine rings is 1. The van der Waals surface area contributed by atoms with Crippen LogP contribution in [-0.4, -0.2) is 49.0 Å². The van der Waals surface area contributed by atoms with Crippen LogP contribution < -0.4 is 25.4 Å². The molecule has 0 unspecified atom stereocenters. The highest BCUT2D eigenvalue weighted by Crippen LogP contribution is 2.28. The summed E-state index contributed by atoms with van der Waals surface area (Å²) in [6, 6.07) is 13.6. The number of aromatic nitrogens is 2. The summed E-state index contributed by atoms with van der Waals surface area (Å²) in [6.07, 6.45) is 0. The van der Waals surface area contributed by atoms with Gasteiger partial charge in [0.05, 0.1) is 18.5 Å². The Morgan fingerprint density at radius 2 is 1.76 bits per heavy atom. The minimum Gasteiger partial charge on any atom is -0.495 e. The first-order chi connectivity index (χ1) is 15.9. The Balaban J connectivity index is 1.42. The SMILES string of the molecule is COc1ccccc1N1CCN(c2ccc(=O)n(CC(=O)Nc3ccc(F)cc3F)n2)CC1. The predicted molar refractivity (Wildman–Crippen MR) is 121 cm³/mol. The second-order valence-corrected chi connectivity index (χ2v) is 7.51. The first-order valence-electron chi connectivity index (χ1n) is 10.4. The molecule has 1 saturated heterocycles. The Hall–Kier alpha value is -3.95. The van der Waals surface area contributed by atoms with Crippen LogP contribution in [0.25, 0.3) is 0 Å². The molecular formula is C23H23F2N5O3. The number of carbonyl (C=O) groups excluding carboxylic acids is 1. The topological polar surface area (TPSA) is 79.7 Å². The van der Waals surface area contributed by atoms with Crippen LogP contribution in [0.1, 0.15) is 0 Å². The minimum atomic E-state index is -0.898. The molecule has 2 aromatic carbocycles. The van der Waals surface area contributed by atoms with E-state index in [9.17, 15) is 18.4 Å². The lowest BCUT2D eigenvalue weighted by molar-refractivity contribution is -0.117. The number of rotatable bonds is 6. The van der Waals surface area contributed by atoms with Crippen LogP contribution in [0, 0.1) is 11.6 Å². The van der Waals surface area contributed by atoms with Gasteiger partial charge in [-0.05, 0) is 30.3 Å². The van der Waals surface area contributed by atoms with Crippen molar-refractivity contribution >= 4 is 23.1 Å². The van der Waals surface area contributed by atoms with Crippen molar-refractivity contribution < 1.29 is 18.3 Å². The number of methoxy groups -OCH3 is 1. The van der Waals surface area contributed by atoms with E-state index >= 15 is 0 Å². The molecule has 172 valence electrons. The summed E-state index contributed by atoms with van der Waals surface area (Å²) < 4.78 is 33.3. The molecule has 4 rings (SSSR count). The van der Waals surface area contributed by atoms with Crippen LogP contribution >= 0.6 is 0 Å². The summed E-state index contributed by atoms with van der Waals surface area (Å²) in [7, 11) is 1.64. The normalized spacial score (nSPS) is 13.7. The maximum absolute atomic E-state index is 13.8. The number of benzene rings is 2. The van der Waals surface area contributed by atoms with Crippen molar-refractivity contribution in [1.82, 2.24) is 9.78 Å². The van der Waals surface area contributed by atoms with Crippen LogP contribution in [0.5, 0.6) is 5.75 Å². The van der Waals surface area contributed by atoms with E-state index < -0.39 is 29.6 Å². The molecule has 0 saturated carbocycles. The first kappa shape index (κ1) is 22.3. The standard InChI is InChI=1S/C23H23F2N5O3/c1-33-20-5-3-2-4-19(20)28-10-12-29(13-11-28)21-8-9-23(32)30(27-21)15-22(31)26-18-7-6-16(24)14-17(18)25/h2-9,14H,10-13,15H2,1H3,(H,26,31). The molecule has 0 radical (unpaired) electrons. The number of carbonyl (C=O) groups is 1. The molecule has 3 aromatic rings. The molecule has 1 aromatic heterocycles. The average molecular weight is 455 g/mol. The highest BCUT2D eigenvalue weighted by atomic mass is 19.1. The van der Waals surface area contributed by atoms with Gasteiger partial charge in [0.1, 0.15) is 29.7 Å². The van der Waals surface area contributed by atoms with Crippen molar-refractivity contribution in [2.75, 3.05) is 48.4 Å². The summed E-state index contributed by atoms with van der Waals surface area (Å²) >= 11 is 0. The molecule has 33 heavy (non-hydrogen) atoms. The Kier molecular flexibility index (Phi) is 6.53. The fraction of sp³-hybridized carbons (Fsp3) is 0.261. The van der Waals surface area contributed by atoms with Crippen molar-refractivity contribution in [2.45, 2.75) is 6.54 Å². The summed E-state index contributed by atoms with van der Waals surface area (Å²) in [4.78, 5) is 28.8. The quantitative estimate of drug-likeness (QED) is 0.615. The molecule has 1 aliphatic heterocycles. The van der Waals surface area contributed by atoms with Gasteiger partial charge in [-0.1, -0.05) is 12.1 Å². The Labute approximate surface area is 189 Å². The lowest BCUT2D eigenvalue weighted by Crippen LogP contribution is -2.47. The van der Waals surface area contributed by atoms with E-state index in [1.54, 1.807) is 13.2 Å². The van der Waals surface area contributed by atoms with Crippen LogP contribution in [0.3, 0.4) is 0 Å². The van der Waals surface area contributed by atoms with Crippen LogP contribution in [0.4, 0.5) is 26.0 Å². The molecule has 1 aliphatic rings. The smallest absolute Gasteiger partial charge is 0.267 e. The van der Waals surface area contributed by atoms with E-state index in [0.29, 0.717) is 25.0 Å². The third kappa shape index (κ3) is 5.11. The molecule has 1 amide bonds. The second kappa shape index (κ2) is 9.68. The number of nitrogens with one attached hydrogen (secondary N) is 1. The van der Waals surface area contributed by atoms with Gasteiger partial charge in [-0.3, -0.25) is 9.59 Å². The molecule has 8 nitrogen and oxygen atoms in total. The van der Waals surface area contributed by atoms with Gasteiger partial charge in [0.2, 0.25) is 5.91 Å². The van der Waals surface area contributed by atoms with Gasteiger partial charge < -0.3 is 19.9 Å². The van der Waals surface area contributed by atoms with Gasteiger partial charge in [-0.15, -0.1) is 0 Å². The zero-order valence-corrected chi connectivity index (χ0v) is 18.0. The maximum Gasteiger partial charge on any atom is 0.267 e. The van der Waals surface area contributed by atoms with E-state index in [0.717, 1.165) is 41.3 Å². The molecule has 0 spiro atoms. The zero-order chi connectivity index (χ0) is 23.4. The lowest BCUT2D eigenvalue weighted by atomic mass is 10.2. The van der Waals surface area contributed by atoms with Gasteiger partial charge >= 0.3 is 0 Å². The van der Waals surface area contributed by atoms with Crippen molar-refractivity contribution in [1.29, 1.82) is 0 Å². The lowest BCUT2D eigenvalue weighted by Gasteiger charge is -2.37. The van der Waals surface area contributed by atoms with Gasteiger partial charge in [-0.25, -0.2) is 13.5 Å². The first-order valence-corrected chi connectivity index (χ1v) is 10.4. The number of amides is 1. The molecule has 2 heterocycles. The third-order valence-electron chi connectivity index (χ3n) is 5.38. The Morgan fingerprint density at radius 1 is 1.03 bits per heavy atom. The van der Waals surface area contributed by atoms with Crippen LogP contribution in [0.2, 0.25) is 0 Å². The molecule has 10 heteroatoms. The van der Waals surface area contributed by atoms with E-state index in [1.165, 1.54) is 6.07 Å². The van der Waals surface area contributed by atoms with E-state index in [4.69, 9.17) is 4.74 Å². The van der Waals surface area contributed by atoms with Gasteiger partial charge in [0.15, 0.2) is 0 Å². The van der Waals surface area contributed by atoms with Crippen LogP contribution in [-0.2, 0) is 11.3 Å². The highest BCUT2D eigenvalue weighted by molar-refractivity contribution is 5.90. The Morgan fingerprint density at radius 3 is 2.48 bits per heavy atom. The predicted octanol–water partition coefficient (Wildman–Crippen LogP) is 2.50. The van der Waals surface area contributed by atoms with Crippen molar-refractivity contribution in [3.05, 3.63) is 76.6 Å². The van der Waals surface area contributed by atoms with Crippen molar-refractivity contribution in [2.24, 2.45) is 0 Å². The highest BCUT2D eigenvalue weighted by Gasteiger charge is 2.21. The van der Waals surface area contributed by atoms with Gasteiger partial charge in [-0.2, -0.15) is 5.10 Å². The Bertz CT molecular complexity index is 1210. The largest absolute Gasteiger partial charge is 0.495 e. The van der Waals surface area contributed by atoms with Gasteiger partial charge in [0.25, 0.3) is 5.56 Å². The molecule has 1 fully saturated rings. The molecule has 0 bridgehead atoms. The number of ether oxygens (including phenoxy) is 1. The third-order valence-corrected chi connectivity index (χ3v) is 5.38. The van der Waals surface area contributed by atoms with Crippen molar-refractivity contribution in [3.63, 3.8) is 0 Å². The van der Waals surface area contributed by atoms with Crippen molar-refractivity contribution in [3.8, 4) is 5.75 Å². The summed E-state index contributed by atoms with van der Waals surface area (Å²) in [5, 5.41) is 6.65. The molecule has 0 atom stereocenters. The fourth-order valence-electron chi connectivity index (χ4n) is 3.70. The molecule has 0 aliphatic carbocycles. The summed E-state index contributed by atoms with van der Waals surface area (Å²) in [6.45, 7) is 2.38. The zero-order valence-electron chi connectivity index (χ0n) is 18.0. The molecular weight excluding hydrogens is 432 g/mol. The van der Waals surface area contributed by atoms with E-state index in [2.05, 4.69) is 15.3 Å². The minimum absolute atomic E-state index is 0.168. The monoisotopic (exact) mass is 455 g/mol. The number of hydrogen-bond donors (Lipinski definition) is 1. The van der Waals surface area contributed by atoms with Gasteiger partial charge in [0, 0.05) is 38.3 Å². The fourth-order valence-corrected chi connectivity index (χ4v) is 3.70. The second-order valence-electron chi connectivity index (χ2n) is 7.51. The number of nitrogens with zero attached hydrogens (tertiary/aromatic N) is 4. The number of hydrogen-bond acceptors (Lipinski definition) is 6. The van der Waals surface area contributed by atoms with Crippen LogP contribution in [0.15, 0.2) is 59.4 Å². The maximum atomic E-state index is 13.8. The average Bonchev–Trinajstić information content (AvgIpc) is 2.82. The molecule has 1 N–H and O–H groups in total.